The first-order chi connectivity index (χ1) is 14.6. The summed E-state index contributed by atoms with van der Waals surface area (Å²) in [4.78, 5) is 21.9. The van der Waals surface area contributed by atoms with E-state index in [1.54, 1.807) is 29.2 Å². The first-order valence-electron chi connectivity index (χ1n) is 9.55. The number of aryl methyl sites for hydroxylation is 1. The van der Waals surface area contributed by atoms with Gasteiger partial charge in [-0.3, -0.25) is 9.78 Å². The molecule has 0 saturated carbocycles. The van der Waals surface area contributed by atoms with Gasteiger partial charge in [0.2, 0.25) is 11.9 Å². The molecule has 1 amide bonds. The Bertz CT molecular complexity index is 1070. The van der Waals surface area contributed by atoms with Gasteiger partial charge in [-0.05, 0) is 36.2 Å². The minimum Gasteiger partial charge on any atom is -0.396 e. The molecule has 0 saturated heterocycles. The molecule has 1 aliphatic rings. The number of benzene rings is 1. The van der Waals surface area contributed by atoms with Gasteiger partial charge >= 0.3 is 0 Å². The normalized spacial score (nSPS) is 17.9. The molecule has 0 unspecified atom stereocenters. The maximum Gasteiger partial charge on any atom is 0.236 e. The van der Waals surface area contributed by atoms with Gasteiger partial charge in [-0.1, -0.05) is 34.6 Å². The summed E-state index contributed by atoms with van der Waals surface area (Å²) in [5.74, 6) is 0.291. The van der Waals surface area contributed by atoms with Crippen LogP contribution in [0.3, 0.4) is 0 Å². The van der Waals surface area contributed by atoms with Crippen molar-refractivity contribution >= 4 is 33.5 Å². The van der Waals surface area contributed by atoms with Crippen LogP contribution in [-0.2, 0) is 11.2 Å². The predicted molar refractivity (Wildman–Crippen MR) is 117 cm³/mol. The average Bonchev–Trinajstić information content (AvgIpc) is 3.14. The van der Waals surface area contributed by atoms with Gasteiger partial charge in [0.1, 0.15) is 5.92 Å². The number of halogens is 1. The van der Waals surface area contributed by atoms with E-state index >= 15 is 0 Å². The third-order valence-corrected chi connectivity index (χ3v) is 5.36. The summed E-state index contributed by atoms with van der Waals surface area (Å²) in [6, 6.07) is 10.9. The van der Waals surface area contributed by atoms with Gasteiger partial charge in [0.05, 0.1) is 17.9 Å². The number of carbonyl (C=O) groups is 1. The van der Waals surface area contributed by atoms with Gasteiger partial charge in [-0.2, -0.15) is 10.1 Å². The Morgan fingerprint density at radius 2 is 2.20 bits per heavy atom. The second-order valence-corrected chi connectivity index (χ2v) is 7.90. The van der Waals surface area contributed by atoms with E-state index in [1.807, 2.05) is 24.3 Å². The fourth-order valence-electron chi connectivity index (χ4n) is 3.53. The molecule has 2 aromatic heterocycles. The largest absolute Gasteiger partial charge is 0.396 e. The molecule has 2 atom stereocenters. The lowest BCUT2D eigenvalue weighted by Crippen LogP contribution is -2.39. The van der Waals surface area contributed by atoms with Crippen molar-refractivity contribution in [1.29, 1.82) is 0 Å². The van der Waals surface area contributed by atoms with Crippen molar-refractivity contribution < 1.29 is 9.90 Å². The summed E-state index contributed by atoms with van der Waals surface area (Å²) in [5, 5.41) is 19.8. The van der Waals surface area contributed by atoms with Gasteiger partial charge in [-0.25, -0.2) is 4.68 Å². The molecule has 154 valence electrons. The fraction of sp³-hybridized carbons (Fsp3) is 0.238. The predicted octanol–water partition coefficient (Wildman–Crippen LogP) is 3.14. The van der Waals surface area contributed by atoms with Gasteiger partial charge in [-0.15, -0.1) is 0 Å². The van der Waals surface area contributed by atoms with Crippen LogP contribution in [0.25, 0.3) is 0 Å². The highest BCUT2D eigenvalue weighted by atomic mass is 79.9. The molecule has 3 heterocycles. The van der Waals surface area contributed by atoms with E-state index in [0.717, 1.165) is 10.0 Å². The fourth-order valence-corrected chi connectivity index (χ4v) is 3.94. The molecular weight excluding hydrogens is 448 g/mol. The highest BCUT2D eigenvalue weighted by Gasteiger charge is 2.40. The molecule has 30 heavy (non-hydrogen) atoms. The number of hydrogen-bond donors (Lipinski definition) is 3. The van der Waals surface area contributed by atoms with Crippen LogP contribution in [-0.4, -0.2) is 37.4 Å². The van der Waals surface area contributed by atoms with Crippen molar-refractivity contribution in [2.75, 3.05) is 17.2 Å². The van der Waals surface area contributed by atoms with Gasteiger partial charge < -0.3 is 15.7 Å². The standard InChI is InChI=1S/C21H21BrN6O2/c1-13-18(20(30)25-16-7-3-9-23-12-16)19(14-5-2-6-15(22)11-14)28-21(24-13)26-17(27-28)8-4-10-29/h2-3,5-7,9,11-12,18-19,29H,1,4,8,10H2,(H,25,30)(H,24,26,27)/t18-,19-/m1/s1. The number of aliphatic hydroxyl groups excluding tert-OH is 1. The summed E-state index contributed by atoms with van der Waals surface area (Å²) in [7, 11) is 0. The third-order valence-electron chi connectivity index (χ3n) is 4.86. The molecule has 3 N–H and O–H groups in total. The maximum absolute atomic E-state index is 13.3. The number of nitrogens with one attached hydrogen (secondary N) is 2. The molecule has 0 bridgehead atoms. The minimum absolute atomic E-state index is 0.0647. The Hall–Kier alpha value is -3.04. The van der Waals surface area contributed by atoms with Crippen LogP contribution in [0.15, 0.2) is 65.5 Å². The Labute approximate surface area is 182 Å². The monoisotopic (exact) mass is 468 g/mol. The number of carbonyl (C=O) groups excluding carboxylic acids is 1. The van der Waals surface area contributed by atoms with Crippen LogP contribution < -0.4 is 10.6 Å². The van der Waals surface area contributed by atoms with Crippen molar-refractivity contribution in [2.45, 2.75) is 18.9 Å². The van der Waals surface area contributed by atoms with Gasteiger partial charge in [0.25, 0.3) is 0 Å². The molecule has 0 radical (unpaired) electrons. The molecule has 4 rings (SSSR count). The summed E-state index contributed by atoms with van der Waals surface area (Å²) in [5.41, 5.74) is 2.05. The first-order valence-corrected chi connectivity index (χ1v) is 10.3. The van der Waals surface area contributed by atoms with Crippen LogP contribution in [0.4, 0.5) is 11.6 Å². The van der Waals surface area contributed by atoms with Crippen molar-refractivity contribution in [3.8, 4) is 0 Å². The summed E-state index contributed by atoms with van der Waals surface area (Å²) < 4.78 is 2.63. The number of amides is 1. The quantitative estimate of drug-likeness (QED) is 0.513. The Morgan fingerprint density at radius 1 is 1.33 bits per heavy atom. The summed E-state index contributed by atoms with van der Waals surface area (Å²) in [6.45, 7) is 4.17. The summed E-state index contributed by atoms with van der Waals surface area (Å²) in [6.07, 6.45) is 4.36. The number of pyridine rings is 1. The SMILES string of the molecule is C=C1Nc2nc(CCCO)nn2[C@H](c2cccc(Br)c2)[C@@H]1C(=O)Nc1cccnc1. The third kappa shape index (κ3) is 4.12. The molecule has 0 spiro atoms. The zero-order valence-corrected chi connectivity index (χ0v) is 17.7. The number of rotatable bonds is 6. The topological polar surface area (TPSA) is 105 Å². The second-order valence-electron chi connectivity index (χ2n) is 6.98. The number of aromatic nitrogens is 4. The average molecular weight is 469 g/mol. The first kappa shape index (κ1) is 20.2. The lowest BCUT2D eigenvalue weighted by Gasteiger charge is -2.33. The van der Waals surface area contributed by atoms with Gasteiger partial charge in [0.15, 0.2) is 5.82 Å². The molecule has 8 nitrogen and oxygen atoms in total. The number of fused-ring (bicyclic) bond motifs is 1. The second kappa shape index (κ2) is 8.76. The maximum atomic E-state index is 13.3. The smallest absolute Gasteiger partial charge is 0.236 e. The molecular formula is C21H21BrN6O2. The van der Waals surface area contributed by atoms with E-state index in [4.69, 9.17) is 5.11 Å². The Balaban J connectivity index is 1.75. The Morgan fingerprint density at radius 3 is 2.93 bits per heavy atom. The molecule has 0 fully saturated rings. The molecule has 1 aromatic carbocycles. The van der Waals surface area contributed by atoms with Crippen molar-refractivity contribution in [3.05, 3.63) is 76.9 Å². The van der Waals surface area contributed by atoms with Crippen molar-refractivity contribution in [3.63, 3.8) is 0 Å². The van der Waals surface area contributed by atoms with Crippen molar-refractivity contribution in [2.24, 2.45) is 5.92 Å². The number of hydrogen-bond acceptors (Lipinski definition) is 6. The van der Waals surface area contributed by atoms with E-state index in [0.29, 0.717) is 36.0 Å². The number of nitrogens with zero attached hydrogens (tertiary/aromatic N) is 4. The number of aliphatic hydroxyl groups is 1. The highest BCUT2D eigenvalue weighted by Crippen LogP contribution is 2.38. The van der Waals surface area contributed by atoms with E-state index < -0.39 is 12.0 Å². The zero-order chi connectivity index (χ0) is 21.1. The van der Waals surface area contributed by atoms with E-state index in [2.05, 4.69) is 48.2 Å². The van der Waals surface area contributed by atoms with Crippen molar-refractivity contribution in [1.82, 2.24) is 19.7 Å². The molecule has 0 aliphatic carbocycles. The lowest BCUT2D eigenvalue weighted by atomic mass is 9.88. The molecule has 9 heteroatoms. The van der Waals surface area contributed by atoms with E-state index in [1.165, 1.54) is 0 Å². The Kier molecular flexibility index (Phi) is 5.91. The lowest BCUT2D eigenvalue weighted by molar-refractivity contribution is -0.119. The number of anilines is 2. The van der Waals surface area contributed by atoms with Crippen LogP contribution >= 0.6 is 15.9 Å². The van der Waals surface area contributed by atoms with Gasteiger partial charge in [0, 0.05) is 29.4 Å². The van der Waals surface area contributed by atoms with Crippen LogP contribution in [0, 0.1) is 5.92 Å². The highest BCUT2D eigenvalue weighted by molar-refractivity contribution is 9.10. The zero-order valence-electron chi connectivity index (χ0n) is 16.1. The van der Waals surface area contributed by atoms with Crippen LogP contribution in [0.2, 0.25) is 0 Å². The minimum atomic E-state index is -0.626. The summed E-state index contributed by atoms with van der Waals surface area (Å²) >= 11 is 3.51. The van der Waals surface area contributed by atoms with E-state index in [-0.39, 0.29) is 12.5 Å². The van der Waals surface area contributed by atoms with Crippen LogP contribution in [0.5, 0.6) is 0 Å². The van der Waals surface area contributed by atoms with Crippen LogP contribution in [0.1, 0.15) is 23.9 Å². The van der Waals surface area contributed by atoms with E-state index in [9.17, 15) is 4.79 Å². The molecule has 1 aliphatic heterocycles. The molecule has 3 aromatic rings.